The molecule has 20 heavy (non-hydrogen) atoms. The van der Waals surface area contributed by atoms with Crippen LogP contribution < -0.4 is 4.72 Å². The Morgan fingerprint density at radius 2 is 2.15 bits per heavy atom. The number of hydrogen-bond acceptors (Lipinski definition) is 3. The second kappa shape index (κ2) is 5.38. The van der Waals surface area contributed by atoms with Crippen molar-refractivity contribution < 1.29 is 13.5 Å². The van der Waals surface area contributed by atoms with Crippen LogP contribution in [-0.4, -0.2) is 26.2 Å². The van der Waals surface area contributed by atoms with Crippen molar-refractivity contribution in [2.24, 2.45) is 5.41 Å². The van der Waals surface area contributed by atoms with E-state index in [0.717, 1.165) is 6.42 Å². The molecule has 1 atom stereocenters. The Morgan fingerprint density at radius 1 is 1.50 bits per heavy atom. The molecule has 1 fully saturated rings. The molecule has 0 amide bonds. The Kier molecular flexibility index (Phi) is 4.12. The van der Waals surface area contributed by atoms with Gasteiger partial charge in [0, 0.05) is 11.6 Å². The van der Waals surface area contributed by atoms with Crippen molar-refractivity contribution in [3.05, 3.63) is 28.8 Å². The fourth-order valence-electron chi connectivity index (χ4n) is 1.86. The lowest BCUT2D eigenvalue weighted by Gasteiger charge is -2.09. The minimum Gasteiger partial charge on any atom is -0.384 e. The third kappa shape index (κ3) is 3.33. The summed E-state index contributed by atoms with van der Waals surface area (Å²) in [5.41, 5.74) is 0.571. The Labute approximate surface area is 124 Å². The summed E-state index contributed by atoms with van der Waals surface area (Å²) in [4.78, 5) is 0.0522. The van der Waals surface area contributed by atoms with Crippen LogP contribution in [0.25, 0.3) is 0 Å². The van der Waals surface area contributed by atoms with Gasteiger partial charge < -0.3 is 5.11 Å². The monoisotopic (exact) mass is 313 g/mol. The van der Waals surface area contributed by atoms with Gasteiger partial charge >= 0.3 is 0 Å². The van der Waals surface area contributed by atoms with Crippen molar-refractivity contribution in [3.63, 3.8) is 0 Å². The Balaban J connectivity index is 2.24. The van der Waals surface area contributed by atoms with E-state index in [1.807, 2.05) is 13.8 Å². The van der Waals surface area contributed by atoms with Crippen LogP contribution in [-0.2, 0) is 10.0 Å². The zero-order valence-electron chi connectivity index (χ0n) is 11.3. The minimum absolute atomic E-state index is 0.00604. The van der Waals surface area contributed by atoms with Crippen LogP contribution in [0.15, 0.2) is 23.1 Å². The molecule has 0 saturated heterocycles. The van der Waals surface area contributed by atoms with Crippen LogP contribution in [0.5, 0.6) is 0 Å². The fraction of sp³-hybridized carbons (Fsp3) is 0.429. The summed E-state index contributed by atoms with van der Waals surface area (Å²) in [6.45, 7) is 3.76. The molecule has 0 spiro atoms. The quantitative estimate of drug-likeness (QED) is 0.836. The number of benzene rings is 1. The first-order valence-corrected chi connectivity index (χ1v) is 8.04. The van der Waals surface area contributed by atoms with Gasteiger partial charge in [-0.05, 0) is 30.0 Å². The molecular formula is C14H16ClNO3S. The van der Waals surface area contributed by atoms with Gasteiger partial charge in [-0.15, -0.1) is 0 Å². The SMILES string of the molecule is CC1(C)CC1NS(=O)(=O)c1ccc(C#CCO)cc1Cl. The first-order chi connectivity index (χ1) is 9.26. The zero-order valence-corrected chi connectivity index (χ0v) is 12.8. The van der Waals surface area contributed by atoms with E-state index in [1.165, 1.54) is 12.1 Å². The summed E-state index contributed by atoms with van der Waals surface area (Å²) in [5.74, 6) is 5.17. The molecule has 0 aliphatic heterocycles. The van der Waals surface area contributed by atoms with Crippen molar-refractivity contribution in [1.82, 2.24) is 4.72 Å². The maximum absolute atomic E-state index is 12.2. The number of aliphatic hydroxyl groups excluding tert-OH is 1. The van der Waals surface area contributed by atoms with E-state index >= 15 is 0 Å². The van der Waals surface area contributed by atoms with Gasteiger partial charge in [-0.3, -0.25) is 0 Å². The molecule has 4 nitrogen and oxygen atoms in total. The van der Waals surface area contributed by atoms with Gasteiger partial charge in [0.2, 0.25) is 10.0 Å². The first-order valence-electron chi connectivity index (χ1n) is 6.18. The lowest BCUT2D eigenvalue weighted by molar-refractivity contribution is 0.350. The summed E-state index contributed by atoms with van der Waals surface area (Å²) >= 11 is 6.02. The predicted octanol–water partition coefficient (Wildman–Crippen LogP) is 1.76. The third-order valence-electron chi connectivity index (χ3n) is 3.34. The maximum atomic E-state index is 12.2. The molecule has 0 heterocycles. The molecule has 108 valence electrons. The van der Waals surface area contributed by atoms with Gasteiger partial charge in [0.1, 0.15) is 11.5 Å². The van der Waals surface area contributed by atoms with E-state index in [0.29, 0.717) is 5.56 Å². The van der Waals surface area contributed by atoms with Crippen molar-refractivity contribution in [2.75, 3.05) is 6.61 Å². The molecule has 1 saturated carbocycles. The van der Waals surface area contributed by atoms with E-state index in [2.05, 4.69) is 16.6 Å². The highest BCUT2D eigenvalue weighted by Gasteiger charge is 2.48. The van der Waals surface area contributed by atoms with Gasteiger partial charge in [-0.1, -0.05) is 37.3 Å². The molecular weight excluding hydrogens is 298 g/mol. The van der Waals surface area contributed by atoms with E-state index in [-0.39, 0.29) is 28.0 Å². The van der Waals surface area contributed by atoms with E-state index < -0.39 is 10.0 Å². The van der Waals surface area contributed by atoms with Gasteiger partial charge in [-0.2, -0.15) is 0 Å². The molecule has 0 radical (unpaired) electrons. The zero-order chi connectivity index (χ0) is 15.0. The number of nitrogens with one attached hydrogen (secondary N) is 1. The molecule has 1 aromatic rings. The molecule has 1 unspecified atom stereocenters. The average Bonchev–Trinajstić information content (AvgIpc) is 2.92. The highest BCUT2D eigenvalue weighted by Crippen LogP contribution is 2.45. The Morgan fingerprint density at radius 3 is 2.65 bits per heavy atom. The van der Waals surface area contributed by atoms with Crippen LogP contribution in [0.3, 0.4) is 0 Å². The lowest BCUT2D eigenvalue weighted by Crippen LogP contribution is -2.28. The normalized spacial score (nSPS) is 20.1. The van der Waals surface area contributed by atoms with Crippen molar-refractivity contribution in [3.8, 4) is 11.8 Å². The highest BCUT2D eigenvalue weighted by atomic mass is 35.5. The molecule has 0 aromatic heterocycles. The van der Waals surface area contributed by atoms with Crippen LogP contribution in [0.4, 0.5) is 0 Å². The Bertz CT molecular complexity index is 686. The van der Waals surface area contributed by atoms with Crippen molar-refractivity contribution in [1.29, 1.82) is 0 Å². The maximum Gasteiger partial charge on any atom is 0.242 e. The van der Waals surface area contributed by atoms with E-state index in [1.54, 1.807) is 6.07 Å². The van der Waals surface area contributed by atoms with Crippen LogP contribution >= 0.6 is 11.6 Å². The summed E-state index contributed by atoms with van der Waals surface area (Å²) in [7, 11) is -3.62. The molecule has 2 N–H and O–H groups in total. The van der Waals surface area contributed by atoms with Crippen LogP contribution in [0.1, 0.15) is 25.8 Å². The summed E-state index contributed by atoms with van der Waals surface area (Å²) in [5, 5.41) is 8.75. The topological polar surface area (TPSA) is 66.4 Å². The molecule has 0 bridgehead atoms. The minimum atomic E-state index is -3.62. The van der Waals surface area contributed by atoms with Gasteiger partial charge in [0.05, 0.1) is 5.02 Å². The fourth-order valence-corrected chi connectivity index (χ4v) is 3.81. The largest absolute Gasteiger partial charge is 0.384 e. The van der Waals surface area contributed by atoms with Gasteiger partial charge in [0.25, 0.3) is 0 Å². The highest BCUT2D eigenvalue weighted by molar-refractivity contribution is 7.89. The predicted molar refractivity (Wildman–Crippen MR) is 77.9 cm³/mol. The lowest BCUT2D eigenvalue weighted by atomic mass is 10.2. The number of sulfonamides is 1. The third-order valence-corrected chi connectivity index (χ3v) is 5.30. The standard InChI is InChI=1S/C14H16ClNO3S/c1-14(2)9-13(14)16-20(18,19)12-6-5-10(4-3-7-17)8-11(12)15/h5-6,8,13,16-17H,7,9H2,1-2H3. The summed E-state index contributed by atoms with van der Waals surface area (Å²) in [6, 6.07) is 4.44. The van der Waals surface area contributed by atoms with E-state index in [9.17, 15) is 8.42 Å². The number of hydrogen-bond donors (Lipinski definition) is 2. The van der Waals surface area contributed by atoms with Crippen molar-refractivity contribution >= 4 is 21.6 Å². The first kappa shape index (κ1) is 15.3. The van der Waals surface area contributed by atoms with E-state index in [4.69, 9.17) is 16.7 Å². The molecule has 6 heteroatoms. The van der Waals surface area contributed by atoms with Crippen LogP contribution in [0.2, 0.25) is 5.02 Å². The summed E-state index contributed by atoms with van der Waals surface area (Å²) in [6.07, 6.45) is 0.823. The molecule has 1 aliphatic rings. The average molecular weight is 314 g/mol. The van der Waals surface area contributed by atoms with Gasteiger partial charge in [0.15, 0.2) is 0 Å². The second-order valence-corrected chi connectivity index (χ2v) is 7.56. The second-order valence-electron chi connectivity index (χ2n) is 5.47. The summed E-state index contributed by atoms with van der Waals surface area (Å²) < 4.78 is 27.1. The smallest absolute Gasteiger partial charge is 0.242 e. The van der Waals surface area contributed by atoms with Gasteiger partial charge in [-0.25, -0.2) is 13.1 Å². The Hall–Kier alpha value is -1.06. The number of halogens is 1. The van der Waals surface area contributed by atoms with Crippen molar-refractivity contribution in [2.45, 2.75) is 31.2 Å². The molecule has 2 rings (SSSR count). The molecule has 1 aliphatic carbocycles. The number of rotatable bonds is 3. The van der Waals surface area contributed by atoms with Crippen LogP contribution in [0, 0.1) is 17.3 Å². The number of aliphatic hydroxyl groups is 1. The molecule has 1 aromatic carbocycles.